The number of carbonyl (C=O) groups is 1. The lowest BCUT2D eigenvalue weighted by atomic mass is 9.98. The summed E-state index contributed by atoms with van der Waals surface area (Å²) >= 11 is 0. The van der Waals surface area contributed by atoms with E-state index in [1.54, 1.807) is 0 Å². The van der Waals surface area contributed by atoms with Gasteiger partial charge in [-0.05, 0) is 13.0 Å². The van der Waals surface area contributed by atoms with Gasteiger partial charge in [0.25, 0.3) is 5.69 Å². The summed E-state index contributed by atoms with van der Waals surface area (Å²) < 4.78 is 4.36. The van der Waals surface area contributed by atoms with Crippen molar-refractivity contribution in [1.82, 2.24) is 0 Å². The van der Waals surface area contributed by atoms with E-state index in [9.17, 15) is 25.1 Å². The summed E-state index contributed by atoms with van der Waals surface area (Å²) in [4.78, 5) is 21.4. The molecule has 0 saturated carbocycles. The first kappa shape index (κ1) is 15.1. The number of nitro groups is 1. The fourth-order valence-electron chi connectivity index (χ4n) is 1.74. The molecule has 0 heterocycles. The highest BCUT2D eigenvalue weighted by atomic mass is 16.6. The maximum atomic E-state index is 11.0. The molecule has 7 nitrogen and oxygen atoms in total. The van der Waals surface area contributed by atoms with Gasteiger partial charge in [0, 0.05) is 5.56 Å². The number of aliphatic hydroxyl groups is 2. The molecule has 0 aromatic heterocycles. The number of hydrogen-bond acceptors (Lipinski definition) is 6. The molecule has 0 aliphatic heterocycles. The number of esters is 1. The third kappa shape index (κ3) is 3.49. The molecule has 7 heteroatoms. The van der Waals surface area contributed by atoms with Crippen LogP contribution in [0.25, 0.3) is 0 Å². The largest absolute Gasteiger partial charge is 0.469 e. The van der Waals surface area contributed by atoms with Crippen molar-refractivity contribution in [3.63, 3.8) is 0 Å². The third-order valence-corrected chi connectivity index (χ3v) is 2.74. The molecule has 1 aromatic carbocycles. The van der Waals surface area contributed by atoms with Gasteiger partial charge < -0.3 is 14.9 Å². The molecule has 0 fully saturated rings. The average molecular weight is 269 g/mol. The highest BCUT2D eigenvalue weighted by molar-refractivity contribution is 5.70. The van der Waals surface area contributed by atoms with Crippen molar-refractivity contribution in [2.24, 2.45) is 0 Å². The zero-order valence-electron chi connectivity index (χ0n) is 10.6. The van der Waals surface area contributed by atoms with Gasteiger partial charge in [-0.25, -0.2) is 0 Å². The first-order valence-electron chi connectivity index (χ1n) is 5.55. The molecule has 2 unspecified atom stereocenters. The van der Waals surface area contributed by atoms with Crippen LogP contribution in [0.4, 0.5) is 5.69 Å². The van der Waals surface area contributed by atoms with Crippen LogP contribution < -0.4 is 0 Å². The van der Waals surface area contributed by atoms with Crippen molar-refractivity contribution < 1.29 is 24.7 Å². The normalized spacial score (nSPS) is 13.7. The summed E-state index contributed by atoms with van der Waals surface area (Å²) in [5, 5.41) is 30.6. The maximum Gasteiger partial charge on any atom is 0.308 e. The van der Waals surface area contributed by atoms with Crippen LogP contribution in [0.1, 0.15) is 23.7 Å². The zero-order valence-corrected chi connectivity index (χ0v) is 10.6. The van der Waals surface area contributed by atoms with Gasteiger partial charge in [0.15, 0.2) is 0 Å². The molecule has 104 valence electrons. The number of carbonyl (C=O) groups excluding carboxylic acids is 1. The summed E-state index contributed by atoms with van der Waals surface area (Å²) in [6, 6.07) is 4.41. The number of para-hydroxylation sites is 1. The van der Waals surface area contributed by atoms with Crippen LogP contribution in [0.2, 0.25) is 0 Å². The number of aryl methyl sites for hydroxylation is 1. The molecule has 0 spiro atoms. The number of ether oxygens (including phenoxy) is 1. The van der Waals surface area contributed by atoms with Gasteiger partial charge >= 0.3 is 5.97 Å². The number of aliphatic hydroxyl groups excluding tert-OH is 2. The maximum absolute atomic E-state index is 11.0. The Kier molecular flexibility index (Phi) is 4.96. The minimum Gasteiger partial charge on any atom is -0.469 e. The predicted octanol–water partition coefficient (Wildman–Crippen LogP) is 0.861. The van der Waals surface area contributed by atoms with Gasteiger partial charge in [0.05, 0.1) is 30.1 Å². The Morgan fingerprint density at radius 3 is 2.63 bits per heavy atom. The Hall–Kier alpha value is -1.99. The number of nitro benzene ring substituents is 1. The number of nitrogens with zero attached hydrogens (tertiary/aromatic N) is 1. The lowest BCUT2D eigenvalue weighted by molar-refractivity contribution is -0.386. The van der Waals surface area contributed by atoms with Gasteiger partial charge in [-0.2, -0.15) is 0 Å². The highest BCUT2D eigenvalue weighted by Gasteiger charge is 2.29. The third-order valence-electron chi connectivity index (χ3n) is 2.74. The Labute approximate surface area is 109 Å². The number of rotatable bonds is 5. The molecule has 0 aliphatic rings. The van der Waals surface area contributed by atoms with E-state index < -0.39 is 29.5 Å². The quantitative estimate of drug-likeness (QED) is 0.466. The number of hydrogen-bond donors (Lipinski definition) is 2. The molecule has 0 saturated heterocycles. The van der Waals surface area contributed by atoms with E-state index in [1.165, 1.54) is 25.1 Å². The molecular formula is C12H15NO6. The van der Waals surface area contributed by atoms with Crippen LogP contribution in [-0.2, 0) is 9.53 Å². The monoisotopic (exact) mass is 269 g/mol. The van der Waals surface area contributed by atoms with Gasteiger partial charge in [0.1, 0.15) is 6.10 Å². The van der Waals surface area contributed by atoms with E-state index in [4.69, 9.17) is 0 Å². The Bertz CT molecular complexity index is 487. The van der Waals surface area contributed by atoms with Crippen LogP contribution in [0, 0.1) is 17.0 Å². The summed E-state index contributed by atoms with van der Waals surface area (Å²) in [5.74, 6) is -0.707. The smallest absolute Gasteiger partial charge is 0.308 e. The SMILES string of the molecule is COC(=O)CC(O)C(O)c1cccc(C)c1[N+](=O)[O-]. The molecule has 2 N–H and O–H groups in total. The van der Waals surface area contributed by atoms with Crippen molar-refractivity contribution in [1.29, 1.82) is 0 Å². The fourth-order valence-corrected chi connectivity index (χ4v) is 1.74. The molecule has 19 heavy (non-hydrogen) atoms. The van der Waals surface area contributed by atoms with Crippen LogP contribution >= 0.6 is 0 Å². The van der Waals surface area contributed by atoms with E-state index in [-0.39, 0.29) is 11.3 Å². The molecule has 2 atom stereocenters. The van der Waals surface area contributed by atoms with Gasteiger partial charge in [-0.1, -0.05) is 12.1 Å². The molecule has 0 amide bonds. The highest BCUT2D eigenvalue weighted by Crippen LogP contribution is 2.30. The average Bonchev–Trinajstić information content (AvgIpc) is 2.36. The van der Waals surface area contributed by atoms with Crippen molar-refractivity contribution in [3.8, 4) is 0 Å². The number of benzene rings is 1. The molecule has 1 aromatic rings. The second-order valence-electron chi connectivity index (χ2n) is 4.06. The second kappa shape index (κ2) is 6.26. The van der Waals surface area contributed by atoms with Crippen LogP contribution in [-0.4, -0.2) is 34.3 Å². The summed E-state index contributed by atoms with van der Waals surface area (Å²) in [6.07, 6.45) is -3.43. The van der Waals surface area contributed by atoms with Crippen molar-refractivity contribution in [2.75, 3.05) is 7.11 Å². The van der Waals surface area contributed by atoms with E-state index in [0.29, 0.717) is 5.56 Å². The first-order valence-corrected chi connectivity index (χ1v) is 5.55. The van der Waals surface area contributed by atoms with Crippen molar-refractivity contribution in [2.45, 2.75) is 25.6 Å². The van der Waals surface area contributed by atoms with E-state index in [0.717, 1.165) is 7.11 Å². The Balaban J connectivity index is 3.05. The fraction of sp³-hybridized carbons (Fsp3) is 0.417. The molecule has 0 radical (unpaired) electrons. The summed E-state index contributed by atoms with van der Waals surface area (Å²) in [5.41, 5.74) is 0.0761. The predicted molar refractivity (Wildman–Crippen MR) is 65.4 cm³/mol. The standard InChI is InChI=1S/C12H15NO6/c1-7-4-3-5-8(11(7)13(17)18)12(16)9(14)6-10(15)19-2/h3-5,9,12,14,16H,6H2,1-2H3. The van der Waals surface area contributed by atoms with Crippen LogP contribution in [0.3, 0.4) is 0 Å². The van der Waals surface area contributed by atoms with Gasteiger partial charge in [-0.15, -0.1) is 0 Å². The van der Waals surface area contributed by atoms with Crippen molar-refractivity contribution >= 4 is 11.7 Å². The summed E-state index contributed by atoms with van der Waals surface area (Å²) in [6.45, 7) is 1.53. The molecular weight excluding hydrogens is 254 g/mol. The molecule has 0 bridgehead atoms. The van der Waals surface area contributed by atoms with E-state index >= 15 is 0 Å². The number of methoxy groups -OCH3 is 1. The Morgan fingerprint density at radius 2 is 2.11 bits per heavy atom. The topological polar surface area (TPSA) is 110 Å². The molecule has 1 rings (SSSR count). The van der Waals surface area contributed by atoms with Crippen LogP contribution in [0.5, 0.6) is 0 Å². The minimum absolute atomic E-state index is 0.0265. The van der Waals surface area contributed by atoms with Crippen LogP contribution in [0.15, 0.2) is 18.2 Å². The second-order valence-corrected chi connectivity index (χ2v) is 4.06. The van der Waals surface area contributed by atoms with Gasteiger partial charge in [-0.3, -0.25) is 14.9 Å². The van der Waals surface area contributed by atoms with E-state index in [2.05, 4.69) is 4.74 Å². The lowest BCUT2D eigenvalue weighted by Crippen LogP contribution is -2.23. The Morgan fingerprint density at radius 1 is 1.47 bits per heavy atom. The minimum atomic E-state index is -1.53. The van der Waals surface area contributed by atoms with Gasteiger partial charge in [0.2, 0.25) is 0 Å². The first-order chi connectivity index (χ1) is 8.88. The van der Waals surface area contributed by atoms with Crippen molar-refractivity contribution in [3.05, 3.63) is 39.4 Å². The lowest BCUT2D eigenvalue weighted by Gasteiger charge is -2.17. The molecule has 0 aliphatic carbocycles. The summed E-state index contributed by atoms with van der Waals surface area (Å²) in [7, 11) is 1.15. The van der Waals surface area contributed by atoms with E-state index in [1.807, 2.05) is 0 Å². The zero-order chi connectivity index (χ0) is 14.6.